The molecule has 1 nitrogen and oxygen atoms in total. The Morgan fingerprint density at radius 3 is 3.09 bits per heavy atom. The molecule has 1 aliphatic rings. The summed E-state index contributed by atoms with van der Waals surface area (Å²) in [6.07, 6.45) is 4.01. The van der Waals surface area contributed by atoms with Gasteiger partial charge in [-0.2, -0.15) is 12.6 Å². The Labute approximate surface area is 72.3 Å². The van der Waals surface area contributed by atoms with Crippen molar-refractivity contribution < 1.29 is 4.39 Å². The highest BCUT2D eigenvalue weighted by Gasteiger charge is 2.20. The van der Waals surface area contributed by atoms with Gasteiger partial charge in [0.2, 0.25) is 0 Å². The molecule has 0 aromatic rings. The molecule has 0 saturated carbocycles. The van der Waals surface area contributed by atoms with E-state index < -0.39 is 0 Å². The van der Waals surface area contributed by atoms with Gasteiger partial charge in [-0.05, 0) is 18.8 Å². The second-order valence-corrected chi connectivity index (χ2v) is 3.40. The molecule has 0 spiro atoms. The van der Waals surface area contributed by atoms with Gasteiger partial charge in [-0.1, -0.05) is 6.08 Å². The molecule has 0 aromatic carbocycles. The molecule has 1 aliphatic carbocycles. The largest absolute Gasteiger partial charge is 0.327 e. The van der Waals surface area contributed by atoms with E-state index in [9.17, 15) is 4.39 Å². The van der Waals surface area contributed by atoms with Crippen molar-refractivity contribution in [1.29, 1.82) is 0 Å². The van der Waals surface area contributed by atoms with Crippen molar-refractivity contribution in [2.24, 2.45) is 11.7 Å². The van der Waals surface area contributed by atoms with Crippen molar-refractivity contribution in [3.63, 3.8) is 0 Å². The minimum Gasteiger partial charge on any atom is -0.327 e. The number of allylic oxidation sites excluding steroid dienone is 2. The van der Waals surface area contributed by atoms with Crippen LogP contribution in [0.1, 0.15) is 19.3 Å². The van der Waals surface area contributed by atoms with Gasteiger partial charge in [0.15, 0.2) is 0 Å². The van der Waals surface area contributed by atoms with Crippen LogP contribution < -0.4 is 5.73 Å². The van der Waals surface area contributed by atoms with E-state index in [1.807, 2.05) is 0 Å². The molecule has 0 amide bonds. The first-order valence-electron chi connectivity index (χ1n) is 3.95. The van der Waals surface area contributed by atoms with Crippen LogP contribution in [0, 0.1) is 5.92 Å². The predicted octanol–water partition coefficient (Wildman–Crippen LogP) is 1.90. The molecule has 64 valence electrons. The summed E-state index contributed by atoms with van der Waals surface area (Å²) in [5.74, 6) is 0.953. The van der Waals surface area contributed by atoms with Crippen molar-refractivity contribution in [2.45, 2.75) is 25.3 Å². The Bertz CT molecular complexity index is 158. The predicted molar refractivity (Wildman–Crippen MR) is 48.4 cm³/mol. The van der Waals surface area contributed by atoms with Crippen molar-refractivity contribution in [2.75, 3.05) is 5.75 Å². The zero-order valence-corrected chi connectivity index (χ0v) is 7.36. The van der Waals surface area contributed by atoms with E-state index in [-0.39, 0.29) is 11.9 Å². The summed E-state index contributed by atoms with van der Waals surface area (Å²) in [6, 6.07) is 0.0535. The number of hydrogen-bond acceptors (Lipinski definition) is 2. The Hall–Kier alpha value is -0.0200. The van der Waals surface area contributed by atoms with E-state index in [1.165, 1.54) is 0 Å². The number of thiol groups is 1. The summed E-state index contributed by atoms with van der Waals surface area (Å²) < 4.78 is 12.7. The number of hydrogen-bond donors (Lipinski definition) is 2. The third-order valence-corrected chi connectivity index (χ3v) is 2.60. The van der Waals surface area contributed by atoms with E-state index in [0.717, 1.165) is 12.8 Å². The summed E-state index contributed by atoms with van der Waals surface area (Å²) in [5.41, 5.74) is 5.74. The van der Waals surface area contributed by atoms with Crippen LogP contribution in [0.5, 0.6) is 0 Å². The molecule has 3 heteroatoms. The molecular formula is C8H14FNS. The zero-order valence-electron chi connectivity index (χ0n) is 6.46. The first-order chi connectivity index (χ1) is 5.24. The van der Waals surface area contributed by atoms with Crippen molar-refractivity contribution in [3.05, 3.63) is 11.9 Å². The maximum atomic E-state index is 12.7. The molecule has 0 fully saturated rings. The number of rotatable bonds is 2. The molecule has 2 unspecified atom stereocenters. The van der Waals surface area contributed by atoms with Crippen LogP contribution in [0.15, 0.2) is 11.9 Å². The van der Waals surface area contributed by atoms with E-state index in [2.05, 4.69) is 12.6 Å². The lowest BCUT2D eigenvalue weighted by atomic mass is 9.88. The van der Waals surface area contributed by atoms with Crippen molar-refractivity contribution in [1.82, 2.24) is 0 Å². The highest BCUT2D eigenvalue weighted by atomic mass is 32.1. The molecule has 11 heavy (non-hydrogen) atoms. The van der Waals surface area contributed by atoms with Crippen LogP contribution in [-0.2, 0) is 0 Å². The lowest BCUT2D eigenvalue weighted by Crippen LogP contribution is -2.32. The van der Waals surface area contributed by atoms with E-state index in [1.54, 1.807) is 6.08 Å². The SMILES string of the molecule is NC(CS)C1CCC=C(F)C1. The topological polar surface area (TPSA) is 26.0 Å². The van der Waals surface area contributed by atoms with E-state index in [0.29, 0.717) is 18.1 Å². The van der Waals surface area contributed by atoms with Gasteiger partial charge in [-0.3, -0.25) is 0 Å². The highest BCUT2D eigenvalue weighted by Crippen LogP contribution is 2.26. The summed E-state index contributed by atoms with van der Waals surface area (Å²) in [5, 5.41) is 0. The van der Waals surface area contributed by atoms with Crippen LogP contribution in [0.3, 0.4) is 0 Å². The van der Waals surface area contributed by atoms with Gasteiger partial charge in [0.25, 0.3) is 0 Å². The standard InChI is InChI=1S/C8H14FNS/c9-7-3-1-2-6(4-7)8(10)5-11/h3,6,8,11H,1-2,4-5,10H2. The molecule has 1 rings (SSSR count). The normalized spacial score (nSPS) is 27.9. The van der Waals surface area contributed by atoms with Gasteiger partial charge in [0, 0.05) is 18.2 Å². The van der Waals surface area contributed by atoms with E-state index in [4.69, 9.17) is 5.73 Å². The molecule has 0 aromatic heterocycles. The monoisotopic (exact) mass is 175 g/mol. The first-order valence-corrected chi connectivity index (χ1v) is 4.58. The van der Waals surface area contributed by atoms with Crippen LogP contribution in [0.2, 0.25) is 0 Å². The fraction of sp³-hybridized carbons (Fsp3) is 0.750. The third kappa shape index (κ3) is 2.49. The minimum atomic E-state index is -0.00140. The molecule has 0 saturated heterocycles. The molecule has 2 N–H and O–H groups in total. The van der Waals surface area contributed by atoms with Crippen LogP contribution in [-0.4, -0.2) is 11.8 Å². The third-order valence-electron chi connectivity index (χ3n) is 2.18. The smallest absolute Gasteiger partial charge is 0.0963 e. The van der Waals surface area contributed by atoms with Crippen LogP contribution >= 0.6 is 12.6 Å². The molecule has 2 atom stereocenters. The summed E-state index contributed by atoms with van der Waals surface area (Å²) in [4.78, 5) is 0. The first kappa shape index (κ1) is 9.07. The quantitative estimate of drug-likeness (QED) is 0.616. The second kappa shape index (κ2) is 4.12. The van der Waals surface area contributed by atoms with Crippen LogP contribution in [0.25, 0.3) is 0 Å². The Balaban J connectivity index is 2.43. The number of nitrogens with two attached hydrogens (primary N) is 1. The maximum absolute atomic E-state index is 12.7. The lowest BCUT2D eigenvalue weighted by molar-refractivity contribution is 0.364. The zero-order chi connectivity index (χ0) is 8.27. The fourth-order valence-electron chi connectivity index (χ4n) is 1.40. The van der Waals surface area contributed by atoms with Gasteiger partial charge in [-0.15, -0.1) is 0 Å². The fourth-order valence-corrected chi connectivity index (χ4v) is 1.70. The van der Waals surface area contributed by atoms with Crippen molar-refractivity contribution >= 4 is 12.6 Å². The van der Waals surface area contributed by atoms with Gasteiger partial charge in [0.1, 0.15) is 0 Å². The molecule has 0 radical (unpaired) electrons. The minimum absolute atomic E-state index is 0.00140. The Morgan fingerprint density at radius 1 is 1.82 bits per heavy atom. The van der Waals surface area contributed by atoms with Crippen LogP contribution in [0.4, 0.5) is 4.39 Å². The maximum Gasteiger partial charge on any atom is 0.0963 e. The van der Waals surface area contributed by atoms with Gasteiger partial charge in [0.05, 0.1) is 5.83 Å². The average Bonchev–Trinajstić information content (AvgIpc) is 2.03. The average molecular weight is 175 g/mol. The van der Waals surface area contributed by atoms with E-state index >= 15 is 0 Å². The number of halogens is 1. The Kier molecular flexibility index (Phi) is 3.40. The Morgan fingerprint density at radius 2 is 2.55 bits per heavy atom. The summed E-state index contributed by atoms with van der Waals surface area (Å²) >= 11 is 4.09. The highest BCUT2D eigenvalue weighted by molar-refractivity contribution is 7.80. The second-order valence-electron chi connectivity index (χ2n) is 3.04. The molecule has 0 bridgehead atoms. The van der Waals surface area contributed by atoms with Crippen molar-refractivity contribution in [3.8, 4) is 0 Å². The summed E-state index contributed by atoms with van der Waals surface area (Å²) in [7, 11) is 0. The van der Waals surface area contributed by atoms with Gasteiger partial charge in [-0.25, -0.2) is 4.39 Å². The van der Waals surface area contributed by atoms with Gasteiger partial charge >= 0.3 is 0 Å². The molecule has 0 heterocycles. The van der Waals surface area contributed by atoms with Gasteiger partial charge < -0.3 is 5.73 Å². The lowest BCUT2D eigenvalue weighted by Gasteiger charge is -2.24. The summed E-state index contributed by atoms with van der Waals surface area (Å²) in [6.45, 7) is 0. The molecule has 0 aliphatic heterocycles. The molecular weight excluding hydrogens is 161 g/mol.